The largest absolute Gasteiger partial charge is 0.376 e. The molecule has 0 aromatic rings. The van der Waals surface area contributed by atoms with Gasteiger partial charge >= 0.3 is 0 Å². The smallest absolute Gasteiger partial charge is 0.191 e. The number of likely N-dealkylation sites (tertiary alicyclic amines) is 1. The summed E-state index contributed by atoms with van der Waals surface area (Å²) in [6.45, 7) is 13.9. The first kappa shape index (κ1) is 21.2. The Balaban J connectivity index is 1.68. The number of guanidine groups is 1. The summed E-state index contributed by atoms with van der Waals surface area (Å²) in [6, 6.07) is 0.511. The summed E-state index contributed by atoms with van der Waals surface area (Å²) in [5.74, 6) is 0.940. The normalized spacial score (nSPS) is 21.4. The van der Waals surface area contributed by atoms with Crippen molar-refractivity contribution in [3.05, 3.63) is 12.2 Å². The summed E-state index contributed by atoms with van der Waals surface area (Å²) in [5, 5.41) is 6.99. The average molecular weight is 365 g/mol. The van der Waals surface area contributed by atoms with Crippen LogP contribution in [-0.2, 0) is 4.74 Å². The number of ether oxygens (including phenoxy) is 1. The van der Waals surface area contributed by atoms with Crippen LogP contribution >= 0.6 is 0 Å². The highest BCUT2D eigenvalue weighted by molar-refractivity contribution is 5.80. The molecule has 0 aromatic heterocycles. The lowest BCUT2D eigenvalue weighted by Crippen LogP contribution is -2.49. The molecule has 0 unspecified atom stereocenters. The molecule has 1 saturated heterocycles. The van der Waals surface area contributed by atoms with Crippen LogP contribution in [0.5, 0.6) is 0 Å². The van der Waals surface area contributed by atoms with E-state index < -0.39 is 0 Å². The summed E-state index contributed by atoms with van der Waals surface area (Å²) in [4.78, 5) is 7.22. The van der Waals surface area contributed by atoms with Crippen molar-refractivity contribution in [2.75, 3.05) is 39.3 Å². The fourth-order valence-corrected chi connectivity index (χ4v) is 3.92. The third-order valence-corrected chi connectivity index (χ3v) is 5.28. The number of nitrogens with one attached hydrogen (secondary N) is 2. The molecule has 0 bridgehead atoms. The molecule has 1 heterocycles. The van der Waals surface area contributed by atoms with Gasteiger partial charge in [-0.2, -0.15) is 0 Å². The van der Waals surface area contributed by atoms with Gasteiger partial charge in [-0.3, -0.25) is 9.89 Å². The van der Waals surface area contributed by atoms with Crippen LogP contribution in [0.3, 0.4) is 0 Å². The summed E-state index contributed by atoms with van der Waals surface area (Å²) >= 11 is 0. The highest BCUT2D eigenvalue weighted by atomic mass is 16.5. The van der Waals surface area contributed by atoms with E-state index in [9.17, 15) is 0 Å². The summed E-state index contributed by atoms with van der Waals surface area (Å²) in [7, 11) is 0. The summed E-state index contributed by atoms with van der Waals surface area (Å²) in [6.07, 6.45) is 10.6. The molecule has 0 radical (unpaired) electrons. The number of rotatable bonds is 8. The SMILES string of the molecule is C=C(C)CN1CCC(NC(=NCCOC2CCCCCC2)NCC)CC1. The molecule has 0 aromatic carbocycles. The van der Waals surface area contributed by atoms with Crippen LogP contribution in [0.15, 0.2) is 17.1 Å². The Kier molecular flexibility index (Phi) is 10.1. The molecular weight excluding hydrogens is 324 g/mol. The average Bonchev–Trinajstić information content (AvgIpc) is 2.89. The molecule has 0 atom stereocenters. The first-order chi connectivity index (χ1) is 12.7. The van der Waals surface area contributed by atoms with Gasteiger partial charge in [0.05, 0.1) is 19.3 Å². The van der Waals surface area contributed by atoms with Gasteiger partial charge in [0.1, 0.15) is 0 Å². The molecule has 2 fully saturated rings. The lowest BCUT2D eigenvalue weighted by Gasteiger charge is -2.33. The highest BCUT2D eigenvalue weighted by Gasteiger charge is 2.19. The Morgan fingerprint density at radius 1 is 1.12 bits per heavy atom. The molecule has 1 saturated carbocycles. The van der Waals surface area contributed by atoms with Crippen molar-refractivity contribution in [1.82, 2.24) is 15.5 Å². The van der Waals surface area contributed by atoms with Gasteiger partial charge in [0.2, 0.25) is 0 Å². The molecule has 0 spiro atoms. The minimum atomic E-state index is 0.459. The third kappa shape index (κ3) is 8.54. The Morgan fingerprint density at radius 2 is 1.81 bits per heavy atom. The van der Waals surface area contributed by atoms with Gasteiger partial charge in [0.15, 0.2) is 5.96 Å². The van der Waals surface area contributed by atoms with Gasteiger partial charge < -0.3 is 15.4 Å². The summed E-state index contributed by atoms with van der Waals surface area (Å²) < 4.78 is 6.05. The molecular formula is C21H40N4O. The quantitative estimate of drug-likeness (QED) is 0.228. The van der Waals surface area contributed by atoms with Crippen molar-refractivity contribution in [3.8, 4) is 0 Å². The van der Waals surface area contributed by atoms with E-state index in [2.05, 4.69) is 36.0 Å². The van der Waals surface area contributed by atoms with Crippen LogP contribution in [0.25, 0.3) is 0 Å². The zero-order chi connectivity index (χ0) is 18.6. The van der Waals surface area contributed by atoms with Crippen molar-refractivity contribution in [2.24, 2.45) is 4.99 Å². The maximum atomic E-state index is 6.05. The number of aliphatic imine (C=N–C) groups is 1. The Labute approximate surface area is 160 Å². The van der Waals surface area contributed by atoms with Gasteiger partial charge in [-0.05, 0) is 39.5 Å². The molecule has 5 nitrogen and oxygen atoms in total. The van der Waals surface area contributed by atoms with Gasteiger partial charge in [-0.15, -0.1) is 0 Å². The zero-order valence-electron chi connectivity index (χ0n) is 17.1. The molecule has 2 N–H and O–H groups in total. The maximum absolute atomic E-state index is 6.05. The van der Waals surface area contributed by atoms with Gasteiger partial charge in [0.25, 0.3) is 0 Å². The fourth-order valence-electron chi connectivity index (χ4n) is 3.92. The second kappa shape index (κ2) is 12.3. The van der Waals surface area contributed by atoms with Crippen LogP contribution in [-0.4, -0.2) is 62.3 Å². The minimum Gasteiger partial charge on any atom is -0.376 e. The van der Waals surface area contributed by atoms with Crippen LogP contribution in [0.4, 0.5) is 0 Å². The number of hydrogen-bond acceptors (Lipinski definition) is 3. The van der Waals surface area contributed by atoms with E-state index >= 15 is 0 Å². The van der Waals surface area contributed by atoms with E-state index in [1.54, 1.807) is 0 Å². The minimum absolute atomic E-state index is 0.459. The van der Waals surface area contributed by atoms with Crippen molar-refractivity contribution in [3.63, 3.8) is 0 Å². The predicted octanol–water partition coefficient (Wildman–Crippen LogP) is 3.32. The Bertz CT molecular complexity index is 422. The van der Waals surface area contributed by atoms with E-state index in [0.717, 1.165) is 58.1 Å². The van der Waals surface area contributed by atoms with Crippen LogP contribution in [0.2, 0.25) is 0 Å². The molecule has 2 aliphatic rings. The molecule has 5 heteroatoms. The third-order valence-electron chi connectivity index (χ3n) is 5.28. The Hall–Kier alpha value is -1.07. The lowest BCUT2D eigenvalue weighted by atomic mass is 10.0. The second-order valence-electron chi connectivity index (χ2n) is 7.90. The fraction of sp³-hybridized carbons (Fsp3) is 0.857. The maximum Gasteiger partial charge on any atom is 0.191 e. The van der Waals surface area contributed by atoms with Crippen molar-refractivity contribution < 1.29 is 4.74 Å². The molecule has 26 heavy (non-hydrogen) atoms. The lowest BCUT2D eigenvalue weighted by molar-refractivity contribution is 0.0487. The molecule has 150 valence electrons. The van der Waals surface area contributed by atoms with E-state index in [1.807, 2.05) is 0 Å². The number of piperidine rings is 1. The number of hydrogen-bond donors (Lipinski definition) is 2. The summed E-state index contributed by atoms with van der Waals surface area (Å²) in [5.41, 5.74) is 1.25. The predicted molar refractivity (Wildman–Crippen MR) is 111 cm³/mol. The second-order valence-corrected chi connectivity index (χ2v) is 7.90. The van der Waals surface area contributed by atoms with Crippen LogP contribution in [0.1, 0.15) is 65.2 Å². The highest BCUT2D eigenvalue weighted by Crippen LogP contribution is 2.19. The van der Waals surface area contributed by atoms with Crippen molar-refractivity contribution in [2.45, 2.75) is 77.4 Å². The van der Waals surface area contributed by atoms with Gasteiger partial charge in [-0.25, -0.2) is 0 Å². The van der Waals surface area contributed by atoms with E-state index in [1.165, 1.54) is 44.1 Å². The monoisotopic (exact) mass is 364 g/mol. The molecule has 1 aliphatic carbocycles. The van der Waals surface area contributed by atoms with Crippen molar-refractivity contribution >= 4 is 5.96 Å². The van der Waals surface area contributed by atoms with Gasteiger partial charge in [0, 0.05) is 32.2 Å². The first-order valence-corrected chi connectivity index (χ1v) is 10.7. The van der Waals surface area contributed by atoms with Gasteiger partial charge in [-0.1, -0.05) is 37.8 Å². The van der Waals surface area contributed by atoms with E-state index in [-0.39, 0.29) is 0 Å². The first-order valence-electron chi connectivity index (χ1n) is 10.7. The van der Waals surface area contributed by atoms with Crippen molar-refractivity contribution in [1.29, 1.82) is 0 Å². The zero-order valence-corrected chi connectivity index (χ0v) is 17.1. The molecule has 2 rings (SSSR count). The standard InChI is InChI=1S/C21H40N4O/c1-4-22-21(23-13-16-26-20-9-7-5-6-8-10-20)24-19-11-14-25(15-12-19)17-18(2)3/h19-20H,2,4-17H2,1,3H3,(H2,22,23,24). The van der Waals surface area contributed by atoms with Crippen LogP contribution in [0, 0.1) is 0 Å². The number of nitrogens with zero attached hydrogens (tertiary/aromatic N) is 2. The topological polar surface area (TPSA) is 48.9 Å². The van der Waals surface area contributed by atoms with E-state index in [0.29, 0.717) is 12.1 Å². The van der Waals surface area contributed by atoms with Crippen LogP contribution < -0.4 is 10.6 Å². The Morgan fingerprint density at radius 3 is 2.42 bits per heavy atom. The molecule has 0 amide bonds. The van der Waals surface area contributed by atoms with E-state index in [4.69, 9.17) is 9.73 Å². The molecule has 1 aliphatic heterocycles.